The minimum Gasteiger partial charge on any atom is -0.382 e. The number of rotatable bonds is 13. The summed E-state index contributed by atoms with van der Waals surface area (Å²) in [5.41, 5.74) is 2.30. The van der Waals surface area contributed by atoms with E-state index in [-0.39, 0.29) is 30.2 Å². The van der Waals surface area contributed by atoms with E-state index in [9.17, 15) is 18.4 Å². The quantitative estimate of drug-likeness (QED) is 0.243. The Hall–Kier alpha value is -3.52. The van der Waals surface area contributed by atoms with E-state index in [1.807, 2.05) is 30.2 Å². The second kappa shape index (κ2) is 14.7. The molecular weight excluding hydrogens is 512 g/mol. The van der Waals surface area contributed by atoms with Gasteiger partial charge >= 0.3 is 0 Å². The highest BCUT2D eigenvalue weighted by molar-refractivity contribution is 5.96. The molecule has 1 aliphatic carbocycles. The summed E-state index contributed by atoms with van der Waals surface area (Å²) >= 11 is 0. The van der Waals surface area contributed by atoms with Crippen molar-refractivity contribution in [3.8, 4) is 0 Å². The maximum atomic E-state index is 14.0. The van der Waals surface area contributed by atoms with Crippen LogP contribution >= 0.6 is 0 Å². The fourth-order valence-electron chi connectivity index (χ4n) is 5.31. The monoisotopic (exact) mass is 551 g/mol. The molecule has 2 aromatic carbocycles. The van der Waals surface area contributed by atoms with E-state index in [0.717, 1.165) is 43.4 Å². The first-order valence-electron chi connectivity index (χ1n) is 14.2. The Morgan fingerprint density at radius 2 is 1.62 bits per heavy atom. The third kappa shape index (κ3) is 8.24. The minimum atomic E-state index is -0.414. The van der Waals surface area contributed by atoms with E-state index >= 15 is 0 Å². The third-order valence-corrected chi connectivity index (χ3v) is 7.48. The van der Waals surface area contributed by atoms with Gasteiger partial charge in [0.15, 0.2) is 0 Å². The smallest absolute Gasteiger partial charge is 0.254 e. The van der Waals surface area contributed by atoms with Crippen LogP contribution in [0.3, 0.4) is 0 Å². The first kappa shape index (κ1) is 29.5. The van der Waals surface area contributed by atoms with E-state index in [4.69, 9.17) is 4.74 Å². The number of aromatic nitrogens is 1. The van der Waals surface area contributed by atoms with Gasteiger partial charge in [0, 0.05) is 49.8 Å². The van der Waals surface area contributed by atoms with Gasteiger partial charge in [-0.05, 0) is 80.3 Å². The molecule has 1 saturated carbocycles. The van der Waals surface area contributed by atoms with Crippen LogP contribution in [-0.2, 0) is 22.6 Å². The molecule has 0 atom stereocenters. The number of ether oxygens (including phenoxy) is 1. The topological polar surface area (TPSA) is 54.8 Å². The number of carbonyl (C=O) groups is 2. The highest BCUT2D eigenvalue weighted by Crippen LogP contribution is 2.25. The van der Waals surface area contributed by atoms with Crippen LogP contribution in [0.25, 0.3) is 0 Å². The van der Waals surface area contributed by atoms with Crippen LogP contribution in [0.1, 0.15) is 67.1 Å². The highest BCUT2D eigenvalue weighted by Gasteiger charge is 2.29. The molecule has 0 bridgehead atoms. The molecule has 1 aliphatic rings. The predicted octanol–water partition coefficient (Wildman–Crippen LogP) is 6.04. The van der Waals surface area contributed by atoms with Crippen LogP contribution in [0.4, 0.5) is 8.78 Å². The van der Waals surface area contributed by atoms with Gasteiger partial charge in [-0.1, -0.05) is 31.4 Å². The number of nitrogens with zero attached hydrogens (tertiary/aromatic N) is 3. The van der Waals surface area contributed by atoms with Gasteiger partial charge in [0.2, 0.25) is 5.91 Å². The largest absolute Gasteiger partial charge is 0.382 e. The number of hydrogen-bond donors (Lipinski definition) is 0. The Balaban J connectivity index is 1.53. The van der Waals surface area contributed by atoms with Crippen molar-refractivity contribution < 1.29 is 23.1 Å². The molecule has 1 heterocycles. The van der Waals surface area contributed by atoms with Gasteiger partial charge in [0.25, 0.3) is 5.91 Å². The zero-order valence-corrected chi connectivity index (χ0v) is 23.2. The molecule has 40 heavy (non-hydrogen) atoms. The van der Waals surface area contributed by atoms with Gasteiger partial charge in [-0.25, -0.2) is 8.78 Å². The number of halogens is 2. The van der Waals surface area contributed by atoms with Gasteiger partial charge in [0.05, 0.1) is 6.54 Å². The average molecular weight is 552 g/mol. The number of benzene rings is 2. The molecule has 3 aromatic rings. The van der Waals surface area contributed by atoms with Crippen molar-refractivity contribution in [3.63, 3.8) is 0 Å². The van der Waals surface area contributed by atoms with Crippen molar-refractivity contribution in [2.45, 2.75) is 64.6 Å². The summed E-state index contributed by atoms with van der Waals surface area (Å²) in [5.74, 6) is -1.09. The molecular formula is C32H39F2N3O3. The second-order valence-electron chi connectivity index (χ2n) is 10.4. The SMILES string of the molecule is CCOCCCN(CC(=O)N(Cc1cccn1Cc1ccc(F)cc1)C1CCCCC1)C(=O)c1ccc(F)cc1. The lowest BCUT2D eigenvalue weighted by Gasteiger charge is -2.36. The van der Waals surface area contributed by atoms with E-state index < -0.39 is 5.82 Å². The minimum absolute atomic E-state index is 0.0580. The van der Waals surface area contributed by atoms with E-state index in [1.165, 1.54) is 36.4 Å². The van der Waals surface area contributed by atoms with Crippen LogP contribution in [0, 0.1) is 11.6 Å². The predicted molar refractivity (Wildman–Crippen MR) is 151 cm³/mol. The molecule has 0 N–H and O–H groups in total. The van der Waals surface area contributed by atoms with Crippen LogP contribution in [-0.4, -0.2) is 58.5 Å². The van der Waals surface area contributed by atoms with Gasteiger partial charge in [-0.2, -0.15) is 0 Å². The number of hydrogen-bond acceptors (Lipinski definition) is 3. The summed E-state index contributed by atoms with van der Waals surface area (Å²) in [7, 11) is 0. The molecule has 0 radical (unpaired) electrons. The Morgan fingerprint density at radius 1 is 0.950 bits per heavy atom. The lowest BCUT2D eigenvalue weighted by molar-refractivity contribution is -0.135. The molecule has 4 rings (SSSR count). The molecule has 0 saturated heterocycles. The zero-order valence-electron chi connectivity index (χ0n) is 23.2. The molecule has 8 heteroatoms. The molecule has 6 nitrogen and oxygen atoms in total. The zero-order chi connectivity index (χ0) is 28.3. The molecule has 0 spiro atoms. The number of amides is 2. The average Bonchev–Trinajstić information content (AvgIpc) is 3.41. The molecule has 1 fully saturated rings. The first-order chi connectivity index (χ1) is 19.4. The summed E-state index contributed by atoms with van der Waals surface area (Å²) in [4.78, 5) is 30.9. The summed E-state index contributed by atoms with van der Waals surface area (Å²) in [6.45, 7) is 4.29. The fourth-order valence-corrected chi connectivity index (χ4v) is 5.31. The normalized spacial score (nSPS) is 13.8. The van der Waals surface area contributed by atoms with Crippen molar-refractivity contribution in [1.29, 1.82) is 0 Å². The standard InChI is InChI=1S/C32H39F2N3O3/c1-2-40-21-7-20-36(32(39)26-13-17-28(34)18-14-26)24-31(38)37(29-8-4-3-5-9-29)23-30-10-6-19-35(30)22-25-11-15-27(33)16-12-25/h6,10-19,29H,2-5,7-9,20-24H2,1H3. The van der Waals surface area contributed by atoms with Crippen molar-refractivity contribution in [2.75, 3.05) is 26.3 Å². The summed E-state index contributed by atoms with van der Waals surface area (Å²) in [6, 6.07) is 15.9. The fraction of sp³-hybridized carbons (Fsp3) is 0.438. The lowest BCUT2D eigenvalue weighted by atomic mass is 9.94. The van der Waals surface area contributed by atoms with Crippen molar-refractivity contribution in [3.05, 3.63) is 95.3 Å². The molecule has 1 aromatic heterocycles. The third-order valence-electron chi connectivity index (χ3n) is 7.48. The van der Waals surface area contributed by atoms with E-state index in [2.05, 4.69) is 4.57 Å². The Bertz CT molecular complexity index is 1220. The van der Waals surface area contributed by atoms with Gasteiger partial charge in [-0.3, -0.25) is 9.59 Å². The van der Waals surface area contributed by atoms with Gasteiger partial charge in [-0.15, -0.1) is 0 Å². The van der Waals surface area contributed by atoms with E-state index in [1.54, 1.807) is 17.0 Å². The van der Waals surface area contributed by atoms with Crippen LogP contribution < -0.4 is 0 Å². The summed E-state index contributed by atoms with van der Waals surface area (Å²) in [6.07, 6.45) is 7.72. The van der Waals surface area contributed by atoms with Crippen LogP contribution in [0.2, 0.25) is 0 Å². The van der Waals surface area contributed by atoms with Crippen molar-refractivity contribution in [1.82, 2.24) is 14.4 Å². The van der Waals surface area contributed by atoms with Crippen LogP contribution in [0.15, 0.2) is 66.9 Å². The summed E-state index contributed by atoms with van der Waals surface area (Å²) < 4.78 is 34.5. The van der Waals surface area contributed by atoms with Crippen molar-refractivity contribution in [2.24, 2.45) is 0 Å². The van der Waals surface area contributed by atoms with Crippen LogP contribution in [0.5, 0.6) is 0 Å². The van der Waals surface area contributed by atoms with Gasteiger partial charge in [0.1, 0.15) is 18.2 Å². The Morgan fingerprint density at radius 3 is 2.30 bits per heavy atom. The molecule has 0 unspecified atom stereocenters. The maximum absolute atomic E-state index is 14.0. The molecule has 214 valence electrons. The van der Waals surface area contributed by atoms with Crippen molar-refractivity contribution >= 4 is 11.8 Å². The maximum Gasteiger partial charge on any atom is 0.254 e. The second-order valence-corrected chi connectivity index (χ2v) is 10.4. The number of carbonyl (C=O) groups excluding carboxylic acids is 2. The Kier molecular flexibility index (Phi) is 10.9. The summed E-state index contributed by atoms with van der Waals surface area (Å²) in [5, 5.41) is 0. The highest BCUT2D eigenvalue weighted by atomic mass is 19.1. The molecule has 2 amide bonds. The first-order valence-corrected chi connectivity index (χ1v) is 14.2. The Labute approximate surface area is 235 Å². The van der Waals surface area contributed by atoms with Gasteiger partial charge < -0.3 is 19.1 Å². The van der Waals surface area contributed by atoms with E-state index in [0.29, 0.717) is 44.8 Å². The lowest BCUT2D eigenvalue weighted by Crippen LogP contribution is -2.48. The molecule has 0 aliphatic heterocycles.